The molecular weight excluding hydrogens is 364 g/mol. The number of rotatable bonds is 7. The molecule has 0 saturated heterocycles. The second kappa shape index (κ2) is 8.21. The van der Waals surface area contributed by atoms with Crippen LogP contribution < -0.4 is 14.8 Å². The maximum Gasteiger partial charge on any atom is 0.286 e. The van der Waals surface area contributed by atoms with Crippen LogP contribution in [0.4, 0.5) is 11.4 Å². The van der Waals surface area contributed by atoms with Gasteiger partial charge in [0.05, 0.1) is 30.4 Å². The van der Waals surface area contributed by atoms with Gasteiger partial charge in [0, 0.05) is 24.1 Å². The van der Waals surface area contributed by atoms with E-state index < -0.39 is 10.8 Å². The zero-order chi connectivity index (χ0) is 20.1. The Morgan fingerprint density at radius 1 is 1.25 bits per heavy atom. The third kappa shape index (κ3) is 3.93. The van der Waals surface area contributed by atoms with Gasteiger partial charge in [0.15, 0.2) is 11.5 Å². The summed E-state index contributed by atoms with van der Waals surface area (Å²) in [5.41, 5.74) is 0.816. The molecule has 0 spiro atoms. The fourth-order valence-corrected chi connectivity index (χ4v) is 2.63. The number of methoxy groups -OCH3 is 1. The number of benzene rings is 2. The molecule has 3 aromatic rings. The van der Waals surface area contributed by atoms with E-state index in [0.29, 0.717) is 12.3 Å². The van der Waals surface area contributed by atoms with Gasteiger partial charge in [-0.2, -0.15) is 5.10 Å². The van der Waals surface area contributed by atoms with Gasteiger partial charge < -0.3 is 14.8 Å². The molecular formula is C19H18N4O5. The molecule has 1 aromatic heterocycles. The molecule has 9 nitrogen and oxygen atoms in total. The van der Waals surface area contributed by atoms with Gasteiger partial charge in [0.25, 0.3) is 11.6 Å². The molecule has 0 unspecified atom stereocenters. The second-order valence-electron chi connectivity index (χ2n) is 5.66. The van der Waals surface area contributed by atoms with Crippen molar-refractivity contribution in [2.24, 2.45) is 0 Å². The van der Waals surface area contributed by atoms with Crippen LogP contribution in [0.5, 0.6) is 11.5 Å². The number of hydrogen-bond donors (Lipinski definition) is 1. The SMILES string of the molecule is CCOc1cc([N+](=O)[O-])c(C(=O)Nc2ccc(-n3cccn3)cc2)cc1OC. The molecule has 0 bridgehead atoms. The zero-order valence-electron chi connectivity index (χ0n) is 15.3. The topological polar surface area (TPSA) is 109 Å². The number of carbonyl (C=O) groups is 1. The number of aromatic nitrogens is 2. The van der Waals surface area contributed by atoms with Crippen molar-refractivity contribution in [2.45, 2.75) is 6.92 Å². The number of nitrogens with one attached hydrogen (secondary N) is 1. The summed E-state index contributed by atoms with van der Waals surface area (Å²) in [6, 6.07) is 11.2. The largest absolute Gasteiger partial charge is 0.493 e. The lowest BCUT2D eigenvalue weighted by Gasteiger charge is -2.12. The first-order valence-electron chi connectivity index (χ1n) is 8.44. The molecule has 0 aliphatic rings. The molecule has 3 rings (SSSR count). The maximum atomic E-state index is 12.7. The summed E-state index contributed by atoms with van der Waals surface area (Å²) < 4.78 is 12.2. The maximum absolute atomic E-state index is 12.7. The van der Waals surface area contributed by atoms with Crippen LogP contribution in [-0.4, -0.2) is 34.3 Å². The van der Waals surface area contributed by atoms with Gasteiger partial charge in [-0.05, 0) is 37.3 Å². The van der Waals surface area contributed by atoms with Gasteiger partial charge in [-0.3, -0.25) is 14.9 Å². The van der Waals surface area contributed by atoms with Crippen molar-refractivity contribution in [1.29, 1.82) is 0 Å². The molecule has 0 aliphatic carbocycles. The van der Waals surface area contributed by atoms with E-state index in [4.69, 9.17) is 9.47 Å². The van der Waals surface area contributed by atoms with E-state index in [-0.39, 0.29) is 22.7 Å². The lowest BCUT2D eigenvalue weighted by Crippen LogP contribution is -2.14. The Kier molecular flexibility index (Phi) is 5.54. The van der Waals surface area contributed by atoms with Gasteiger partial charge >= 0.3 is 0 Å². The Labute approximate surface area is 160 Å². The van der Waals surface area contributed by atoms with E-state index >= 15 is 0 Å². The van der Waals surface area contributed by atoms with Crippen LogP contribution in [-0.2, 0) is 0 Å². The molecule has 0 saturated carbocycles. The van der Waals surface area contributed by atoms with Crippen LogP contribution in [0.15, 0.2) is 54.9 Å². The monoisotopic (exact) mass is 382 g/mol. The van der Waals surface area contributed by atoms with Gasteiger partial charge in [-0.15, -0.1) is 0 Å². The summed E-state index contributed by atoms with van der Waals surface area (Å²) in [5, 5.41) is 18.2. The molecule has 0 radical (unpaired) electrons. The Bertz CT molecular complexity index is 984. The molecule has 1 amide bonds. The molecule has 28 heavy (non-hydrogen) atoms. The molecule has 144 valence electrons. The first-order chi connectivity index (χ1) is 13.5. The Hall–Kier alpha value is -3.88. The van der Waals surface area contributed by atoms with Crippen molar-refractivity contribution in [1.82, 2.24) is 9.78 Å². The average molecular weight is 382 g/mol. The molecule has 2 aromatic carbocycles. The van der Waals surface area contributed by atoms with Gasteiger partial charge in [-0.1, -0.05) is 0 Å². The summed E-state index contributed by atoms with van der Waals surface area (Å²) in [5.74, 6) is -0.177. The van der Waals surface area contributed by atoms with Gasteiger partial charge in [0.2, 0.25) is 0 Å². The van der Waals surface area contributed by atoms with Crippen molar-refractivity contribution in [3.8, 4) is 17.2 Å². The Balaban J connectivity index is 1.88. The van der Waals surface area contributed by atoms with Crippen LogP contribution >= 0.6 is 0 Å². The minimum atomic E-state index is -0.627. The number of nitrogens with zero attached hydrogens (tertiary/aromatic N) is 3. The molecule has 0 fully saturated rings. The van der Waals surface area contributed by atoms with E-state index in [1.807, 2.05) is 0 Å². The summed E-state index contributed by atoms with van der Waals surface area (Å²) >= 11 is 0. The number of carbonyl (C=O) groups excluding carboxylic acids is 1. The van der Waals surface area contributed by atoms with E-state index in [1.165, 1.54) is 19.2 Å². The van der Waals surface area contributed by atoms with Crippen molar-refractivity contribution in [3.05, 3.63) is 70.5 Å². The predicted molar refractivity (Wildman–Crippen MR) is 102 cm³/mol. The number of nitro groups is 1. The molecule has 1 heterocycles. The standard InChI is InChI=1S/C19H18N4O5/c1-3-28-18-12-16(23(25)26)15(11-17(18)27-2)19(24)21-13-5-7-14(8-6-13)22-10-4-9-20-22/h4-12H,3H2,1-2H3,(H,21,24). The Morgan fingerprint density at radius 3 is 2.57 bits per heavy atom. The minimum Gasteiger partial charge on any atom is -0.493 e. The third-order valence-corrected chi connectivity index (χ3v) is 3.92. The van der Waals surface area contributed by atoms with Crippen LogP contribution in [0, 0.1) is 10.1 Å². The summed E-state index contributed by atoms with van der Waals surface area (Å²) in [7, 11) is 1.40. The molecule has 0 atom stereocenters. The van der Waals surface area contributed by atoms with E-state index in [2.05, 4.69) is 10.4 Å². The minimum absolute atomic E-state index is 0.124. The van der Waals surface area contributed by atoms with Crippen LogP contribution in [0.25, 0.3) is 5.69 Å². The number of nitro benzene ring substituents is 1. The lowest BCUT2D eigenvalue weighted by molar-refractivity contribution is -0.385. The fraction of sp³-hybridized carbons (Fsp3) is 0.158. The molecule has 1 N–H and O–H groups in total. The average Bonchev–Trinajstić information content (AvgIpc) is 3.23. The van der Waals surface area contributed by atoms with Crippen molar-refractivity contribution in [3.63, 3.8) is 0 Å². The lowest BCUT2D eigenvalue weighted by atomic mass is 10.1. The first kappa shape index (κ1) is 18.9. The van der Waals surface area contributed by atoms with E-state index in [9.17, 15) is 14.9 Å². The van der Waals surface area contributed by atoms with Crippen LogP contribution in [0.3, 0.4) is 0 Å². The number of ether oxygens (including phenoxy) is 2. The molecule has 9 heteroatoms. The smallest absolute Gasteiger partial charge is 0.286 e. The van der Waals surface area contributed by atoms with Crippen molar-refractivity contribution in [2.75, 3.05) is 19.0 Å². The van der Waals surface area contributed by atoms with Crippen molar-refractivity contribution < 1.29 is 19.2 Å². The van der Waals surface area contributed by atoms with E-state index in [1.54, 1.807) is 54.3 Å². The third-order valence-electron chi connectivity index (χ3n) is 3.92. The highest BCUT2D eigenvalue weighted by Gasteiger charge is 2.24. The summed E-state index contributed by atoms with van der Waals surface area (Å²) in [6.45, 7) is 2.06. The van der Waals surface area contributed by atoms with Crippen LogP contribution in [0.1, 0.15) is 17.3 Å². The number of amides is 1. The highest BCUT2D eigenvalue weighted by molar-refractivity contribution is 6.07. The highest BCUT2D eigenvalue weighted by atomic mass is 16.6. The van der Waals surface area contributed by atoms with Crippen LogP contribution in [0.2, 0.25) is 0 Å². The quantitative estimate of drug-likeness (QED) is 0.495. The number of hydrogen-bond acceptors (Lipinski definition) is 6. The number of anilines is 1. The highest BCUT2D eigenvalue weighted by Crippen LogP contribution is 2.35. The van der Waals surface area contributed by atoms with Crippen molar-refractivity contribution >= 4 is 17.3 Å². The summed E-state index contributed by atoms with van der Waals surface area (Å²) in [6.07, 6.45) is 3.46. The predicted octanol–water partition coefficient (Wildman–Crippen LogP) is 3.44. The van der Waals surface area contributed by atoms with E-state index in [0.717, 1.165) is 5.69 Å². The van der Waals surface area contributed by atoms with Gasteiger partial charge in [0.1, 0.15) is 5.56 Å². The normalized spacial score (nSPS) is 10.4. The summed E-state index contributed by atoms with van der Waals surface area (Å²) in [4.78, 5) is 23.5. The zero-order valence-corrected chi connectivity index (χ0v) is 15.3. The Morgan fingerprint density at radius 2 is 2.00 bits per heavy atom. The first-order valence-corrected chi connectivity index (χ1v) is 8.44. The fourth-order valence-electron chi connectivity index (χ4n) is 2.63. The van der Waals surface area contributed by atoms with Gasteiger partial charge in [-0.25, -0.2) is 4.68 Å². The molecule has 0 aliphatic heterocycles. The second-order valence-corrected chi connectivity index (χ2v) is 5.66.